The summed E-state index contributed by atoms with van der Waals surface area (Å²) < 4.78 is 5.12. The number of allylic oxidation sites excluding steroid dienone is 11. The van der Waals surface area contributed by atoms with Gasteiger partial charge in [-0.25, -0.2) is 15.0 Å². The molecule has 0 saturated carbocycles. The molecule has 9 nitrogen and oxygen atoms in total. The highest BCUT2D eigenvalue weighted by molar-refractivity contribution is 6.24. The number of aliphatic carboxylic acids is 1. The van der Waals surface area contributed by atoms with Crippen molar-refractivity contribution in [1.29, 1.82) is 0 Å². The molecule has 9 heteroatoms. The molecule has 8 bridgehead atoms. The third-order valence-corrected chi connectivity index (χ3v) is 9.50. The third-order valence-electron chi connectivity index (χ3n) is 9.50. The standard InChI is InChI=1S/C35H36N4O5/c1-8-19-15(3)22-12-24-17(5)21(10-11-28(40)41)32(38-24)30-31(35(43)44-7)34(42)29-18(6)25(39-33(29)30)14-27-20(9-2)16(4)23(37-27)13-26(19)36-22/h8,12-14,17,21,31,38,42H,1,9-11H2,2-7H3,(H,40,41)/p-2. The smallest absolute Gasteiger partial charge is 0.316 e. The van der Waals surface area contributed by atoms with Gasteiger partial charge in [-0.2, -0.15) is 0 Å². The van der Waals surface area contributed by atoms with Gasteiger partial charge in [-0.05, 0) is 86.1 Å². The molecule has 0 aromatic rings. The summed E-state index contributed by atoms with van der Waals surface area (Å²) in [6.45, 7) is 14.0. The number of nitrogens with one attached hydrogen (secondary N) is 1. The van der Waals surface area contributed by atoms with Crippen molar-refractivity contribution in [2.75, 3.05) is 7.11 Å². The Labute approximate surface area is 256 Å². The predicted octanol–water partition coefficient (Wildman–Crippen LogP) is 3.58. The fourth-order valence-electron chi connectivity index (χ4n) is 7.02. The summed E-state index contributed by atoms with van der Waals surface area (Å²) in [6.07, 6.45) is 8.44. The second-order valence-electron chi connectivity index (χ2n) is 11.8. The Kier molecular flexibility index (Phi) is 7.14. The number of hydrogen-bond acceptors (Lipinski definition) is 9. The zero-order valence-electron chi connectivity index (χ0n) is 25.8. The second-order valence-corrected chi connectivity index (χ2v) is 11.8. The summed E-state index contributed by atoms with van der Waals surface area (Å²) in [5.41, 5.74) is 10.9. The molecule has 226 valence electrons. The molecule has 6 aliphatic rings. The minimum absolute atomic E-state index is 0.184. The molecule has 0 aromatic heterocycles. The number of rotatable bonds is 6. The van der Waals surface area contributed by atoms with Crippen LogP contribution in [0.1, 0.15) is 53.9 Å². The summed E-state index contributed by atoms with van der Waals surface area (Å²) in [6, 6.07) is 0. The van der Waals surface area contributed by atoms with Crippen LogP contribution in [0.4, 0.5) is 0 Å². The average molecular weight is 591 g/mol. The lowest BCUT2D eigenvalue weighted by Crippen LogP contribution is -2.28. The quantitative estimate of drug-likeness (QED) is 0.470. The van der Waals surface area contributed by atoms with Crippen molar-refractivity contribution in [3.63, 3.8) is 0 Å². The summed E-state index contributed by atoms with van der Waals surface area (Å²) >= 11 is 0. The highest BCUT2D eigenvalue weighted by Crippen LogP contribution is 2.48. The van der Waals surface area contributed by atoms with E-state index in [0.29, 0.717) is 33.8 Å². The van der Waals surface area contributed by atoms with Crippen molar-refractivity contribution in [2.45, 2.75) is 53.9 Å². The van der Waals surface area contributed by atoms with Crippen molar-refractivity contribution in [1.82, 2.24) is 5.32 Å². The normalized spacial score (nSPS) is 25.6. The lowest BCUT2D eigenvalue weighted by atomic mass is 9.84. The van der Waals surface area contributed by atoms with Gasteiger partial charge in [-0.15, -0.1) is 5.76 Å². The molecule has 0 radical (unpaired) electrons. The number of carboxylic acids is 1. The molecule has 1 N–H and O–H groups in total. The first-order valence-electron chi connectivity index (χ1n) is 14.9. The van der Waals surface area contributed by atoms with Gasteiger partial charge >= 0.3 is 5.97 Å². The maximum Gasteiger partial charge on any atom is 0.316 e. The van der Waals surface area contributed by atoms with E-state index in [1.807, 2.05) is 45.9 Å². The molecule has 1 fully saturated rings. The van der Waals surface area contributed by atoms with Crippen molar-refractivity contribution in [2.24, 2.45) is 32.7 Å². The summed E-state index contributed by atoms with van der Waals surface area (Å²) in [5, 5.41) is 29.1. The summed E-state index contributed by atoms with van der Waals surface area (Å²) in [7, 11) is 1.26. The number of aliphatic imine (C=N–C) groups is 3. The maximum absolute atomic E-state index is 14.0. The molecule has 6 rings (SSSR count). The fourth-order valence-corrected chi connectivity index (χ4v) is 7.02. The van der Waals surface area contributed by atoms with Gasteiger partial charge in [-0.1, -0.05) is 26.5 Å². The Morgan fingerprint density at radius 3 is 2.41 bits per heavy atom. The van der Waals surface area contributed by atoms with Gasteiger partial charge in [0, 0.05) is 40.3 Å². The predicted molar refractivity (Wildman–Crippen MR) is 165 cm³/mol. The van der Waals surface area contributed by atoms with Crippen LogP contribution < -0.4 is 15.5 Å². The molecule has 5 heterocycles. The molecule has 1 aliphatic carbocycles. The van der Waals surface area contributed by atoms with Gasteiger partial charge in [-0.3, -0.25) is 4.79 Å². The molecule has 3 unspecified atom stereocenters. The Morgan fingerprint density at radius 1 is 1.05 bits per heavy atom. The van der Waals surface area contributed by atoms with Crippen LogP contribution in [-0.2, 0) is 14.3 Å². The highest BCUT2D eigenvalue weighted by Gasteiger charge is 2.45. The number of fused-ring (bicyclic) bond motifs is 5. The van der Waals surface area contributed by atoms with E-state index in [1.54, 1.807) is 6.08 Å². The first-order chi connectivity index (χ1) is 21.0. The zero-order chi connectivity index (χ0) is 31.6. The van der Waals surface area contributed by atoms with Gasteiger partial charge < -0.3 is 25.1 Å². The molecule has 3 atom stereocenters. The SMILES string of the molecule is C=CC1=C(C)C2=NC1=CC1=NC(=CC3=C(C)C4=C([O-])C(C(=O)OC)C(=C5NC(=C2)C(C)C5CCC(=O)[O-])C4=N3)C(CC)=C1C. The Morgan fingerprint density at radius 2 is 1.75 bits per heavy atom. The van der Waals surface area contributed by atoms with Gasteiger partial charge in [0.15, 0.2) is 0 Å². The monoisotopic (exact) mass is 590 g/mol. The lowest BCUT2D eigenvalue weighted by molar-refractivity contribution is -0.311. The van der Waals surface area contributed by atoms with E-state index in [1.165, 1.54) is 7.11 Å². The van der Waals surface area contributed by atoms with Crippen LogP contribution in [-0.4, -0.2) is 36.2 Å². The van der Waals surface area contributed by atoms with E-state index in [2.05, 4.69) is 18.8 Å². The first-order valence-corrected chi connectivity index (χ1v) is 14.9. The van der Waals surface area contributed by atoms with E-state index in [4.69, 9.17) is 19.7 Å². The molecule has 44 heavy (non-hydrogen) atoms. The van der Waals surface area contributed by atoms with Crippen molar-refractivity contribution >= 4 is 29.1 Å². The fraction of sp³-hybridized carbons (Fsp3) is 0.343. The van der Waals surface area contributed by atoms with Crippen LogP contribution in [0.15, 0.2) is 119 Å². The number of methoxy groups -OCH3 is 1. The van der Waals surface area contributed by atoms with Gasteiger partial charge in [0.05, 0.1) is 47.3 Å². The Balaban J connectivity index is 1.67. The number of carbonyl (C=O) groups excluding carboxylic acids is 2. The van der Waals surface area contributed by atoms with E-state index in [9.17, 15) is 19.8 Å². The molecule has 0 spiro atoms. The van der Waals surface area contributed by atoms with Crippen LogP contribution in [0.5, 0.6) is 0 Å². The third kappa shape index (κ3) is 4.32. The molecule has 0 aromatic carbocycles. The highest BCUT2D eigenvalue weighted by atomic mass is 16.5. The van der Waals surface area contributed by atoms with Crippen molar-refractivity contribution in [3.05, 3.63) is 104 Å². The van der Waals surface area contributed by atoms with E-state index in [-0.39, 0.29) is 30.4 Å². The average Bonchev–Trinajstić information content (AvgIpc) is 3.72. The topological polar surface area (TPSA) is 139 Å². The van der Waals surface area contributed by atoms with E-state index < -0.39 is 17.9 Å². The molecule has 1 saturated heterocycles. The lowest BCUT2D eigenvalue weighted by Gasteiger charge is -2.23. The first kappa shape index (κ1) is 29.3. The molecular weight excluding hydrogens is 556 g/mol. The largest absolute Gasteiger partial charge is 0.874 e. The number of carbonyl (C=O) groups is 2. The van der Waals surface area contributed by atoms with Crippen molar-refractivity contribution < 1.29 is 24.5 Å². The minimum atomic E-state index is -1.21. The second kappa shape index (κ2) is 10.7. The van der Waals surface area contributed by atoms with Crippen LogP contribution >= 0.6 is 0 Å². The summed E-state index contributed by atoms with van der Waals surface area (Å²) in [4.78, 5) is 39.7. The van der Waals surface area contributed by atoms with Crippen LogP contribution in [0.2, 0.25) is 0 Å². The zero-order valence-corrected chi connectivity index (χ0v) is 25.8. The Bertz CT molecular complexity index is 1810. The van der Waals surface area contributed by atoms with E-state index in [0.717, 1.165) is 57.2 Å². The number of carboxylic acid groups (broad SMARTS) is 1. The Hall–Kier alpha value is -4.79. The van der Waals surface area contributed by atoms with Crippen molar-refractivity contribution in [3.8, 4) is 0 Å². The van der Waals surface area contributed by atoms with Gasteiger partial charge in [0.25, 0.3) is 0 Å². The van der Waals surface area contributed by atoms with E-state index >= 15 is 0 Å². The van der Waals surface area contributed by atoms with Gasteiger partial charge in [0.1, 0.15) is 0 Å². The summed E-state index contributed by atoms with van der Waals surface area (Å²) in [5.74, 6) is -3.98. The molecule has 5 aliphatic heterocycles. The number of hydrogen-bond donors (Lipinski definition) is 1. The molecular formula is C35H34N4O5-2. The van der Waals surface area contributed by atoms with Crippen LogP contribution in [0.3, 0.4) is 0 Å². The molecule has 0 amide bonds. The minimum Gasteiger partial charge on any atom is -0.874 e. The number of esters is 1. The number of nitrogens with zero attached hydrogens (tertiary/aromatic N) is 3. The number of ether oxygens (including phenoxy) is 1. The maximum atomic E-state index is 14.0. The van der Waals surface area contributed by atoms with Crippen LogP contribution in [0, 0.1) is 17.8 Å². The van der Waals surface area contributed by atoms with Crippen LogP contribution in [0.25, 0.3) is 0 Å². The van der Waals surface area contributed by atoms with Gasteiger partial charge in [0.2, 0.25) is 0 Å².